The van der Waals surface area contributed by atoms with E-state index in [0.717, 1.165) is 27.4 Å². The number of nitrogens with zero attached hydrogens (tertiary/aromatic N) is 1. The molecule has 0 aromatic heterocycles. The van der Waals surface area contributed by atoms with E-state index in [1.807, 2.05) is 40.7 Å². The van der Waals surface area contributed by atoms with Crippen LogP contribution in [0.3, 0.4) is 0 Å². The quantitative estimate of drug-likeness (QED) is 0.427. The molecule has 0 aliphatic carbocycles. The molecule has 0 heterocycles. The fourth-order valence-electron chi connectivity index (χ4n) is 3.55. The van der Waals surface area contributed by atoms with E-state index >= 15 is 0 Å². The molecule has 3 aromatic rings. The van der Waals surface area contributed by atoms with Crippen LogP contribution in [0.5, 0.6) is 0 Å². The van der Waals surface area contributed by atoms with Crippen LogP contribution in [0.4, 0.5) is 11.4 Å². The molecule has 3 aromatic carbocycles. The first-order valence-corrected chi connectivity index (χ1v) is 13.3. The maximum atomic E-state index is 13.6. The number of amides is 2. The van der Waals surface area contributed by atoms with Gasteiger partial charge in [-0.25, -0.2) is 8.42 Å². The lowest BCUT2D eigenvalue weighted by atomic mass is 10.1. The van der Waals surface area contributed by atoms with E-state index < -0.39 is 22.5 Å². The standard InChI is InChI=1S/C28H33N3O4S/c1-6-22(5)29-28(33)25-9-7-8-10-26(25)30-27(32)18-31(23-14-13-20(3)21(4)17-23)36(34,35)24-15-11-19(2)12-16-24/h7-17,22H,6,18H2,1-5H3,(H,29,33)(H,30,32)/t22-/m0/s1. The minimum atomic E-state index is -4.04. The molecule has 0 aliphatic heterocycles. The van der Waals surface area contributed by atoms with Crippen molar-refractivity contribution in [1.82, 2.24) is 5.32 Å². The predicted octanol–water partition coefficient (Wildman–Crippen LogP) is 4.97. The van der Waals surface area contributed by atoms with Gasteiger partial charge >= 0.3 is 0 Å². The lowest BCUT2D eigenvalue weighted by Crippen LogP contribution is -2.38. The van der Waals surface area contributed by atoms with E-state index in [0.29, 0.717) is 16.9 Å². The molecule has 0 fully saturated rings. The largest absolute Gasteiger partial charge is 0.350 e. The average molecular weight is 508 g/mol. The van der Waals surface area contributed by atoms with Crippen LogP contribution >= 0.6 is 0 Å². The summed E-state index contributed by atoms with van der Waals surface area (Å²) in [6.07, 6.45) is 0.766. The van der Waals surface area contributed by atoms with E-state index in [9.17, 15) is 18.0 Å². The Balaban J connectivity index is 1.94. The van der Waals surface area contributed by atoms with Crippen LogP contribution < -0.4 is 14.9 Å². The smallest absolute Gasteiger partial charge is 0.264 e. The van der Waals surface area contributed by atoms with Crippen molar-refractivity contribution < 1.29 is 18.0 Å². The molecule has 8 heteroatoms. The fraction of sp³-hybridized carbons (Fsp3) is 0.286. The lowest BCUT2D eigenvalue weighted by Gasteiger charge is -2.25. The molecule has 0 spiro atoms. The van der Waals surface area contributed by atoms with E-state index in [1.54, 1.807) is 48.5 Å². The number of carbonyl (C=O) groups excluding carboxylic acids is 2. The number of hydrogen-bond donors (Lipinski definition) is 2. The summed E-state index contributed by atoms with van der Waals surface area (Å²) >= 11 is 0. The van der Waals surface area contributed by atoms with Crippen molar-refractivity contribution in [3.63, 3.8) is 0 Å². The molecule has 7 nitrogen and oxygen atoms in total. The summed E-state index contributed by atoms with van der Waals surface area (Å²) in [4.78, 5) is 26.0. The highest BCUT2D eigenvalue weighted by atomic mass is 32.2. The third kappa shape index (κ3) is 6.31. The van der Waals surface area contributed by atoms with E-state index in [2.05, 4.69) is 10.6 Å². The van der Waals surface area contributed by atoms with Crippen LogP contribution in [0.2, 0.25) is 0 Å². The Labute approximate surface area is 213 Å². The molecule has 0 saturated carbocycles. The first-order chi connectivity index (χ1) is 17.0. The fourth-order valence-corrected chi connectivity index (χ4v) is 4.96. The molecular formula is C28H33N3O4S. The molecule has 3 rings (SSSR count). The third-order valence-corrected chi connectivity index (χ3v) is 7.90. The normalized spacial score (nSPS) is 12.0. The van der Waals surface area contributed by atoms with E-state index in [4.69, 9.17) is 0 Å². The van der Waals surface area contributed by atoms with Crippen molar-refractivity contribution in [3.8, 4) is 0 Å². The zero-order chi connectivity index (χ0) is 26.5. The molecule has 36 heavy (non-hydrogen) atoms. The van der Waals surface area contributed by atoms with Crippen LogP contribution in [-0.2, 0) is 14.8 Å². The van der Waals surface area contributed by atoms with Crippen molar-refractivity contribution in [2.75, 3.05) is 16.2 Å². The van der Waals surface area contributed by atoms with Gasteiger partial charge < -0.3 is 10.6 Å². The Morgan fingerprint density at radius 1 is 0.917 bits per heavy atom. The van der Waals surface area contributed by atoms with Crippen molar-refractivity contribution in [2.24, 2.45) is 0 Å². The molecular weight excluding hydrogens is 474 g/mol. The monoisotopic (exact) mass is 507 g/mol. The summed E-state index contributed by atoms with van der Waals surface area (Å²) in [7, 11) is -4.04. The number of rotatable bonds is 9. The average Bonchev–Trinajstić information content (AvgIpc) is 2.84. The first kappa shape index (κ1) is 26.9. The summed E-state index contributed by atoms with van der Waals surface area (Å²) in [5.41, 5.74) is 3.86. The minimum absolute atomic E-state index is 0.0267. The maximum absolute atomic E-state index is 13.6. The molecule has 2 N–H and O–H groups in total. The van der Waals surface area contributed by atoms with Gasteiger partial charge in [-0.2, -0.15) is 0 Å². The van der Waals surface area contributed by atoms with E-state index in [-0.39, 0.29) is 16.8 Å². The maximum Gasteiger partial charge on any atom is 0.264 e. The summed E-state index contributed by atoms with van der Waals surface area (Å²) in [6, 6.07) is 18.4. The minimum Gasteiger partial charge on any atom is -0.350 e. The van der Waals surface area contributed by atoms with Gasteiger partial charge in [0, 0.05) is 6.04 Å². The predicted molar refractivity (Wildman–Crippen MR) is 144 cm³/mol. The van der Waals surface area contributed by atoms with Gasteiger partial charge in [0.2, 0.25) is 5.91 Å². The summed E-state index contributed by atoms with van der Waals surface area (Å²) < 4.78 is 28.4. The number of benzene rings is 3. The van der Waals surface area contributed by atoms with Crippen molar-refractivity contribution in [3.05, 3.63) is 89.0 Å². The van der Waals surface area contributed by atoms with Crippen LogP contribution in [0.1, 0.15) is 47.3 Å². The topological polar surface area (TPSA) is 95.6 Å². The van der Waals surface area contributed by atoms with Gasteiger partial charge in [-0.3, -0.25) is 13.9 Å². The number of aryl methyl sites for hydroxylation is 3. The number of nitrogens with one attached hydrogen (secondary N) is 2. The second-order valence-electron chi connectivity index (χ2n) is 8.97. The van der Waals surface area contributed by atoms with Crippen molar-refractivity contribution in [2.45, 2.75) is 52.0 Å². The molecule has 0 radical (unpaired) electrons. The molecule has 190 valence electrons. The summed E-state index contributed by atoms with van der Waals surface area (Å²) in [6.45, 7) is 9.11. The summed E-state index contributed by atoms with van der Waals surface area (Å²) in [5.74, 6) is -0.869. The zero-order valence-electron chi connectivity index (χ0n) is 21.3. The van der Waals surface area contributed by atoms with Crippen LogP contribution in [0, 0.1) is 20.8 Å². The van der Waals surface area contributed by atoms with Crippen molar-refractivity contribution >= 4 is 33.2 Å². The van der Waals surface area contributed by atoms with Gasteiger partial charge in [0.05, 0.1) is 21.8 Å². The number of para-hydroxylation sites is 1. The SMILES string of the molecule is CC[C@H](C)NC(=O)c1ccccc1NC(=O)CN(c1ccc(C)c(C)c1)S(=O)(=O)c1ccc(C)cc1. The Bertz CT molecular complexity index is 1350. The van der Waals surface area contributed by atoms with Crippen LogP contribution in [0.15, 0.2) is 71.6 Å². The Kier molecular flexibility index (Phi) is 8.53. The van der Waals surface area contributed by atoms with Gasteiger partial charge in [-0.05, 0) is 81.6 Å². The zero-order valence-corrected chi connectivity index (χ0v) is 22.1. The number of carbonyl (C=O) groups is 2. The highest BCUT2D eigenvalue weighted by Gasteiger charge is 2.28. The van der Waals surface area contributed by atoms with E-state index in [1.165, 1.54) is 12.1 Å². The molecule has 0 bridgehead atoms. The van der Waals surface area contributed by atoms with Crippen LogP contribution in [0.25, 0.3) is 0 Å². The van der Waals surface area contributed by atoms with Crippen molar-refractivity contribution in [1.29, 1.82) is 0 Å². The van der Waals surface area contributed by atoms with Gasteiger partial charge in [-0.15, -0.1) is 0 Å². The molecule has 1 atom stereocenters. The Hall–Kier alpha value is -3.65. The number of hydrogen-bond acceptors (Lipinski definition) is 4. The lowest BCUT2D eigenvalue weighted by molar-refractivity contribution is -0.114. The van der Waals surface area contributed by atoms with Gasteiger partial charge in [0.15, 0.2) is 0 Å². The van der Waals surface area contributed by atoms with Gasteiger partial charge in [0.1, 0.15) is 6.54 Å². The molecule has 0 saturated heterocycles. The summed E-state index contributed by atoms with van der Waals surface area (Å²) in [5, 5.41) is 5.63. The molecule has 0 unspecified atom stereocenters. The highest BCUT2D eigenvalue weighted by molar-refractivity contribution is 7.92. The molecule has 0 aliphatic rings. The Morgan fingerprint density at radius 2 is 1.58 bits per heavy atom. The third-order valence-electron chi connectivity index (χ3n) is 6.11. The second kappa shape index (κ2) is 11.4. The number of sulfonamides is 1. The Morgan fingerprint density at radius 3 is 2.22 bits per heavy atom. The van der Waals surface area contributed by atoms with Gasteiger partial charge in [-0.1, -0.05) is 42.8 Å². The highest BCUT2D eigenvalue weighted by Crippen LogP contribution is 2.26. The molecule has 2 amide bonds. The van der Waals surface area contributed by atoms with Gasteiger partial charge in [0.25, 0.3) is 15.9 Å². The number of anilines is 2. The first-order valence-electron chi connectivity index (χ1n) is 11.9. The second-order valence-corrected chi connectivity index (χ2v) is 10.8. The van der Waals surface area contributed by atoms with Crippen LogP contribution in [-0.4, -0.2) is 32.8 Å².